The highest BCUT2D eigenvalue weighted by atomic mass is 32.2. The van der Waals surface area contributed by atoms with E-state index in [-0.39, 0.29) is 0 Å². The number of pyridine rings is 1. The Morgan fingerprint density at radius 3 is 2.76 bits per heavy atom. The zero-order valence-corrected chi connectivity index (χ0v) is 10.5. The van der Waals surface area contributed by atoms with Crippen LogP contribution in [0.5, 0.6) is 0 Å². The minimum Gasteiger partial charge on any atom is -0.314 e. The Morgan fingerprint density at radius 1 is 1.41 bits per heavy atom. The van der Waals surface area contributed by atoms with Crippen LogP contribution in [0, 0.1) is 6.92 Å². The lowest BCUT2D eigenvalue weighted by Gasteiger charge is -2.26. The van der Waals surface area contributed by atoms with Gasteiger partial charge in [0.15, 0.2) is 0 Å². The van der Waals surface area contributed by atoms with Gasteiger partial charge in [-0.15, -0.1) is 0 Å². The number of rotatable bonds is 3. The molecular formula is C10H16N4O2S. The molecule has 2 rings (SSSR count). The van der Waals surface area contributed by atoms with Crippen molar-refractivity contribution in [1.29, 1.82) is 0 Å². The van der Waals surface area contributed by atoms with Gasteiger partial charge in [-0.3, -0.25) is 9.71 Å². The molecule has 0 aromatic carbocycles. The van der Waals surface area contributed by atoms with E-state index in [1.54, 1.807) is 18.3 Å². The first-order valence-electron chi connectivity index (χ1n) is 5.49. The zero-order chi connectivity index (χ0) is 12.3. The molecule has 0 bridgehead atoms. The number of anilines is 1. The highest BCUT2D eigenvalue weighted by Gasteiger charge is 2.23. The van der Waals surface area contributed by atoms with Crippen LogP contribution in [0.1, 0.15) is 5.69 Å². The molecule has 2 heterocycles. The molecule has 0 unspecified atom stereocenters. The molecule has 0 atom stereocenters. The van der Waals surface area contributed by atoms with Gasteiger partial charge in [0.25, 0.3) is 0 Å². The topological polar surface area (TPSA) is 74.3 Å². The second-order valence-electron chi connectivity index (χ2n) is 3.94. The SMILES string of the molecule is Cc1cc(NS(=O)(=O)N2CCNCC2)ccn1. The van der Waals surface area contributed by atoms with Gasteiger partial charge in [0.2, 0.25) is 0 Å². The average Bonchev–Trinajstić information content (AvgIpc) is 2.29. The first-order chi connectivity index (χ1) is 8.08. The maximum atomic E-state index is 12.0. The molecule has 1 aliphatic rings. The molecule has 7 heteroatoms. The van der Waals surface area contributed by atoms with E-state index in [1.807, 2.05) is 6.92 Å². The van der Waals surface area contributed by atoms with Crippen molar-refractivity contribution in [1.82, 2.24) is 14.6 Å². The third-order valence-corrected chi connectivity index (χ3v) is 4.10. The smallest absolute Gasteiger partial charge is 0.301 e. The lowest BCUT2D eigenvalue weighted by Crippen LogP contribution is -2.48. The van der Waals surface area contributed by atoms with Crippen molar-refractivity contribution in [3.8, 4) is 0 Å². The van der Waals surface area contributed by atoms with Gasteiger partial charge >= 0.3 is 10.2 Å². The van der Waals surface area contributed by atoms with E-state index in [0.29, 0.717) is 31.9 Å². The standard InChI is InChI=1S/C10H16N4O2S/c1-9-8-10(2-3-12-9)13-17(15,16)14-6-4-11-5-7-14/h2-3,8,11H,4-7H2,1H3,(H,12,13). The highest BCUT2D eigenvalue weighted by Crippen LogP contribution is 2.12. The van der Waals surface area contributed by atoms with Crippen LogP contribution in [0.3, 0.4) is 0 Å². The van der Waals surface area contributed by atoms with Crippen molar-refractivity contribution in [3.05, 3.63) is 24.0 Å². The maximum absolute atomic E-state index is 12.0. The highest BCUT2D eigenvalue weighted by molar-refractivity contribution is 7.90. The molecule has 6 nitrogen and oxygen atoms in total. The molecule has 1 saturated heterocycles. The van der Waals surface area contributed by atoms with Gasteiger partial charge < -0.3 is 5.32 Å². The van der Waals surface area contributed by atoms with E-state index in [0.717, 1.165) is 5.69 Å². The molecule has 1 fully saturated rings. The molecule has 0 amide bonds. The van der Waals surface area contributed by atoms with Crippen LogP contribution < -0.4 is 10.0 Å². The van der Waals surface area contributed by atoms with E-state index < -0.39 is 10.2 Å². The number of nitrogens with one attached hydrogen (secondary N) is 2. The number of hydrogen-bond acceptors (Lipinski definition) is 4. The van der Waals surface area contributed by atoms with E-state index in [2.05, 4.69) is 15.0 Å². The Hall–Kier alpha value is -1.18. The average molecular weight is 256 g/mol. The summed E-state index contributed by atoms with van der Waals surface area (Å²) in [6.45, 7) is 4.20. The van der Waals surface area contributed by atoms with Crippen molar-refractivity contribution in [2.45, 2.75) is 6.92 Å². The molecular weight excluding hydrogens is 240 g/mol. The number of nitrogens with zero attached hydrogens (tertiary/aromatic N) is 2. The molecule has 2 N–H and O–H groups in total. The third kappa shape index (κ3) is 3.15. The summed E-state index contributed by atoms with van der Waals surface area (Å²) in [7, 11) is -3.44. The summed E-state index contributed by atoms with van der Waals surface area (Å²) in [4.78, 5) is 4.02. The summed E-state index contributed by atoms with van der Waals surface area (Å²) in [6, 6.07) is 3.35. The van der Waals surface area contributed by atoms with Crippen LogP contribution in [-0.2, 0) is 10.2 Å². The maximum Gasteiger partial charge on any atom is 0.301 e. The van der Waals surface area contributed by atoms with Gasteiger partial charge in [0.05, 0.1) is 5.69 Å². The Morgan fingerprint density at radius 2 is 2.12 bits per heavy atom. The van der Waals surface area contributed by atoms with Gasteiger partial charge in [0.1, 0.15) is 0 Å². The Bertz CT molecular complexity index is 483. The lowest BCUT2D eigenvalue weighted by molar-refractivity contribution is 0.362. The molecule has 0 saturated carbocycles. The first kappa shape index (κ1) is 12.3. The van der Waals surface area contributed by atoms with E-state index >= 15 is 0 Å². The molecule has 1 aromatic heterocycles. The molecule has 1 aromatic rings. The molecule has 94 valence electrons. The molecule has 1 aliphatic heterocycles. The second-order valence-corrected chi connectivity index (χ2v) is 5.61. The van der Waals surface area contributed by atoms with Crippen LogP contribution in [0.15, 0.2) is 18.3 Å². The van der Waals surface area contributed by atoms with Crippen molar-refractivity contribution >= 4 is 15.9 Å². The molecule has 0 aliphatic carbocycles. The predicted molar refractivity (Wildman–Crippen MR) is 66.0 cm³/mol. The molecule has 0 radical (unpaired) electrons. The van der Waals surface area contributed by atoms with Crippen molar-refractivity contribution in [2.75, 3.05) is 30.9 Å². The second kappa shape index (κ2) is 4.99. The number of piperazine rings is 1. The molecule has 17 heavy (non-hydrogen) atoms. The summed E-state index contributed by atoms with van der Waals surface area (Å²) in [5.74, 6) is 0. The summed E-state index contributed by atoms with van der Waals surface area (Å²) in [5, 5.41) is 3.12. The Balaban J connectivity index is 2.11. The van der Waals surface area contributed by atoms with Crippen LogP contribution in [0.4, 0.5) is 5.69 Å². The van der Waals surface area contributed by atoms with Gasteiger partial charge in [-0.1, -0.05) is 0 Å². The lowest BCUT2D eigenvalue weighted by atomic mass is 10.3. The summed E-state index contributed by atoms with van der Waals surface area (Å²) < 4.78 is 28.1. The first-order valence-corrected chi connectivity index (χ1v) is 6.93. The zero-order valence-electron chi connectivity index (χ0n) is 9.68. The Labute approximate surface area is 101 Å². The fraction of sp³-hybridized carbons (Fsp3) is 0.500. The fourth-order valence-corrected chi connectivity index (χ4v) is 2.92. The van der Waals surface area contributed by atoms with Crippen LogP contribution in [0.25, 0.3) is 0 Å². The fourth-order valence-electron chi connectivity index (χ4n) is 1.71. The van der Waals surface area contributed by atoms with Crippen molar-refractivity contribution < 1.29 is 8.42 Å². The number of hydrogen-bond donors (Lipinski definition) is 2. The quantitative estimate of drug-likeness (QED) is 0.795. The third-order valence-electron chi connectivity index (χ3n) is 2.56. The number of aromatic nitrogens is 1. The van der Waals surface area contributed by atoms with Gasteiger partial charge in [-0.25, -0.2) is 0 Å². The van der Waals surface area contributed by atoms with Crippen LogP contribution in [0.2, 0.25) is 0 Å². The van der Waals surface area contributed by atoms with Crippen LogP contribution >= 0.6 is 0 Å². The van der Waals surface area contributed by atoms with E-state index in [4.69, 9.17) is 0 Å². The predicted octanol–water partition coefficient (Wildman–Crippen LogP) is -0.0481. The minimum absolute atomic E-state index is 0.499. The van der Waals surface area contributed by atoms with Gasteiger partial charge in [-0.2, -0.15) is 12.7 Å². The van der Waals surface area contributed by atoms with Crippen molar-refractivity contribution in [2.24, 2.45) is 0 Å². The van der Waals surface area contributed by atoms with Crippen molar-refractivity contribution in [3.63, 3.8) is 0 Å². The number of aryl methyl sites for hydroxylation is 1. The van der Waals surface area contributed by atoms with Gasteiger partial charge in [0, 0.05) is 38.1 Å². The van der Waals surface area contributed by atoms with E-state index in [9.17, 15) is 8.42 Å². The summed E-state index contributed by atoms with van der Waals surface area (Å²) >= 11 is 0. The summed E-state index contributed by atoms with van der Waals surface area (Å²) in [5.41, 5.74) is 1.33. The normalized spacial score (nSPS) is 17.9. The van der Waals surface area contributed by atoms with Gasteiger partial charge in [-0.05, 0) is 19.1 Å². The largest absolute Gasteiger partial charge is 0.314 e. The molecule has 0 spiro atoms. The minimum atomic E-state index is -3.44. The monoisotopic (exact) mass is 256 g/mol. The Kier molecular flexibility index (Phi) is 3.60. The van der Waals surface area contributed by atoms with Crippen LogP contribution in [-0.4, -0.2) is 43.9 Å². The van der Waals surface area contributed by atoms with E-state index in [1.165, 1.54) is 4.31 Å². The summed E-state index contributed by atoms with van der Waals surface area (Å²) in [6.07, 6.45) is 1.59.